The molecule has 0 radical (unpaired) electrons. The van der Waals surface area contributed by atoms with Crippen LogP contribution in [0.25, 0.3) is 0 Å². The maximum atomic E-state index is 12.0. The van der Waals surface area contributed by atoms with Crippen LogP contribution in [0.15, 0.2) is 0 Å². The minimum atomic E-state index is -2.17. The Labute approximate surface area is 177 Å². The molecule has 0 aliphatic carbocycles. The van der Waals surface area contributed by atoms with E-state index in [-0.39, 0.29) is 21.1 Å². The average Bonchev–Trinajstić information content (AvgIpc) is 3.30. The van der Waals surface area contributed by atoms with Gasteiger partial charge < -0.3 is 4.74 Å². The monoisotopic (exact) mass is 629 g/mol. The molecule has 3 rings (SSSR count). The normalized spacial score (nSPS) is 11.6. The first-order chi connectivity index (χ1) is 13.6. The van der Waals surface area contributed by atoms with E-state index in [9.17, 15) is 43.9 Å². The predicted molar refractivity (Wildman–Crippen MR) is 74.1 cm³/mol. The van der Waals surface area contributed by atoms with Crippen molar-refractivity contribution in [2.45, 2.75) is 12.8 Å². The molecule has 1 saturated heterocycles. The largest absolute Gasteiger partial charge is 2.00 e. The smallest absolute Gasteiger partial charge is 2.00 e. The summed E-state index contributed by atoms with van der Waals surface area (Å²) >= 11 is 0. The molecule has 30 heavy (non-hydrogen) atoms. The Bertz CT molecular complexity index is 720. The Morgan fingerprint density at radius 3 is 0.933 bits per heavy atom. The molecule has 168 valence electrons. The van der Waals surface area contributed by atoms with Crippen LogP contribution in [0.4, 0.5) is 43.9 Å². The molecular formula is C17H8F10O2Pt. The van der Waals surface area contributed by atoms with E-state index in [1.165, 1.54) is 12.8 Å². The molecule has 13 heteroatoms. The first kappa shape index (κ1) is 30.3. The zero-order chi connectivity index (χ0) is 22.7. The molecule has 0 aromatic heterocycles. The van der Waals surface area contributed by atoms with Gasteiger partial charge in [0.25, 0.3) is 0 Å². The number of halogens is 10. The van der Waals surface area contributed by atoms with Crippen LogP contribution >= 0.6 is 0 Å². The van der Waals surface area contributed by atoms with Crippen molar-refractivity contribution >= 4 is 0 Å². The van der Waals surface area contributed by atoms with Crippen LogP contribution in [-0.2, 0) is 30.5 Å². The van der Waals surface area contributed by atoms with E-state index in [1.54, 1.807) is 0 Å². The predicted octanol–water partition coefficient (Wildman–Crippen LogP) is 5.12. The summed E-state index contributed by atoms with van der Waals surface area (Å²) in [5.41, 5.74) is 0. The van der Waals surface area contributed by atoms with E-state index in [4.69, 9.17) is 9.39 Å². The Kier molecular flexibility index (Phi) is 15.2. The fourth-order valence-corrected chi connectivity index (χ4v) is 1.50. The van der Waals surface area contributed by atoms with Crippen molar-refractivity contribution in [3.63, 3.8) is 0 Å². The van der Waals surface area contributed by atoms with Crippen LogP contribution in [0.1, 0.15) is 12.8 Å². The summed E-state index contributed by atoms with van der Waals surface area (Å²) in [7, 11) is 0. The van der Waals surface area contributed by atoms with Gasteiger partial charge in [-0.05, 0) is 12.8 Å². The topological polar surface area (TPSA) is 29.1 Å². The zero-order valence-electron chi connectivity index (χ0n) is 14.2. The molecule has 0 bridgehead atoms. The van der Waals surface area contributed by atoms with Gasteiger partial charge in [0.15, 0.2) is 0 Å². The summed E-state index contributed by atoms with van der Waals surface area (Å²) in [4.78, 5) is 0. The number of hydrogen-bond acceptors (Lipinski definition) is 1. The molecule has 1 aliphatic rings. The van der Waals surface area contributed by atoms with Crippen LogP contribution in [-0.4, -0.2) is 13.2 Å². The van der Waals surface area contributed by atoms with Gasteiger partial charge in [-0.1, -0.05) is 0 Å². The number of hydrogen-bond donors (Lipinski definition) is 0. The minimum Gasteiger partial charge on any atom is 2.00 e. The van der Waals surface area contributed by atoms with Gasteiger partial charge in [-0.25, -0.2) is 26.3 Å². The summed E-state index contributed by atoms with van der Waals surface area (Å²) < 4.78 is 132. The van der Waals surface area contributed by atoms with Crippen LogP contribution in [0.5, 0.6) is 0 Å². The number of ether oxygens (including phenoxy) is 1. The van der Waals surface area contributed by atoms with E-state index in [1.807, 2.05) is 0 Å². The SMILES string of the molecule is C1CCOC1.Fc1[c-]c(F)c(F)c(F)c1F.Fc1[c-]c(F)c(F)c(F)c1F.[C-]#[O+].[Pt+2]. The molecule has 2 aromatic carbocycles. The molecule has 1 aliphatic heterocycles. The van der Waals surface area contributed by atoms with E-state index < -0.39 is 58.2 Å². The van der Waals surface area contributed by atoms with Gasteiger partial charge in [0.05, 0.1) is 58.2 Å². The van der Waals surface area contributed by atoms with E-state index in [2.05, 4.69) is 6.65 Å². The van der Waals surface area contributed by atoms with Crippen LogP contribution in [0, 0.1) is 77.0 Å². The van der Waals surface area contributed by atoms with Crippen LogP contribution in [0.2, 0.25) is 0 Å². The molecule has 0 unspecified atom stereocenters. The van der Waals surface area contributed by atoms with Crippen molar-refractivity contribution in [1.82, 2.24) is 0 Å². The molecule has 0 amide bonds. The fraction of sp³-hybridized carbons (Fsp3) is 0.235. The van der Waals surface area contributed by atoms with Gasteiger partial charge in [0.1, 0.15) is 0 Å². The Morgan fingerprint density at radius 1 is 0.533 bits per heavy atom. The first-order valence-corrected chi connectivity index (χ1v) is 7.17. The standard InChI is InChI=1S/2C6F5.C4H8O.CO.Pt/c2*7-2-1-3(8)5(10)6(11)4(2)9;1-2-4-5-3-1;1-2;/h;;1-4H2;;/q2*-1;;;+2. The summed E-state index contributed by atoms with van der Waals surface area (Å²) in [6.45, 7) is 6.50. The van der Waals surface area contributed by atoms with Gasteiger partial charge in [-0.2, -0.15) is 0 Å². The Morgan fingerprint density at radius 2 is 0.767 bits per heavy atom. The van der Waals surface area contributed by atoms with Crippen molar-refractivity contribution < 1.29 is 74.4 Å². The van der Waals surface area contributed by atoms with Crippen molar-refractivity contribution in [2.24, 2.45) is 0 Å². The molecular weight excluding hydrogens is 621 g/mol. The van der Waals surface area contributed by atoms with Gasteiger partial charge in [-0.15, -0.1) is 12.1 Å². The van der Waals surface area contributed by atoms with Crippen molar-refractivity contribution in [3.8, 4) is 0 Å². The number of benzene rings is 2. The Balaban J connectivity index is 0. The second-order valence-corrected chi connectivity index (χ2v) is 4.71. The molecule has 0 atom stereocenters. The van der Waals surface area contributed by atoms with Gasteiger partial charge in [0, 0.05) is 13.2 Å². The van der Waals surface area contributed by atoms with Gasteiger partial charge >= 0.3 is 32.4 Å². The van der Waals surface area contributed by atoms with Crippen molar-refractivity contribution in [3.05, 3.63) is 77.0 Å². The third-order valence-corrected chi connectivity index (χ3v) is 2.81. The summed E-state index contributed by atoms with van der Waals surface area (Å²) in [5.74, 6) is -20.1. The van der Waals surface area contributed by atoms with E-state index >= 15 is 0 Å². The summed E-state index contributed by atoms with van der Waals surface area (Å²) in [6.07, 6.45) is 2.56. The first-order valence-electron chi connectivity index (χ1n) is 7.17. The molecule has 2 aromatic rings. The van der Waals surface area contributed by atoms with Gasteiger partial charge in [0.2, 0.25) is 0 Å². The van der Waals surface area contributed by atoms with Crippen molar-refractivity contribution in [1.29, 1.82) is 0 Å². The fourth-order valence-electron chi connectivity index (χ4n) is 1.50. The second-order valence-electron chi connectivity index (χ2n) is 4.71. The second kappa shape index (κ2) is 15.0. The average molecular weight is 629 g/mol. The zero-order valence-corrected chi connectivity index (χ0v) is 16.5. The van der Waals surface area contributed by atoms with Crippen LogP contribution < -0.4 is 0 Å². The molecule has 1 fully saturated rings. The van der Waals surface area contributed by atoms with E-state index in [0.717, 1.165) is 25.3 Å². The minimum absolute atomic E-state index is 0. The third kappa shape index (κ3) is 8.87. The maximum Gasteiger partial charge on any atom is 2.00 e. The number of rotatable bonds is 0. The van der Waals surface area contributed by atoms with E-state index in [0.29, 0.717) is 0 Å². The Hall–Kier alpha value is -1.87. The van der Waals surface area contributed by atoms with Gasteiger partial charge in [-0.3, -0.25) is 17.6 Å². The van der Waals surface area contributed by atoms with Crippen LogP contribution in [0.3, 0.4) is 0 Å². The molecule has 2 nitrogen and oxygen atoms in total. The molecule has 1 heterocycles. The molecule has 0 N–H and O–H groups in total. The summed E-state index contributed by atoms with van der Waals surface area (Å²) in [5, 5.41) is 0. The third-order valence-electron chi connectivity index (χ3n) is 2.81. The summed E-state index contributed by atoms with van der Waals surface area (Å²) in [6, 6.07) is 2.05. The van der Waals surface area contributed by atoms with Crippen molar-refractivity contribution in [2.75, 3.05) is 13.2 Å². The quantitative estimate of drug-likeness (QED) is 0.131. The molecule has 0 spiro atoms. The maximum absolute atomic E-state index is 12.0. The molecule has 0 saturated carbocycles.